The van der Waals surface area contributed by atoms with Crippen molar-refractivity contribution in [2.24, 2.45) is 4.99 Å². The van der Waals surface area contributed by atoms with Gasteiger partial charge in [0.05, 0.1) is 11.9 Å². The molecular weight excluding hydrogens is 339 g/mol. The topological polar surface area (TPSA) is 15.6 Å². The van der Waals surface area contributed by atoms with Crippen molar-refractivity contribution < 1.29 is 22.0 Å². The molecule has 25 heavy (non-hydrogen) atoms. The van der Waals surface area contributed by atoms with Crippen LogP contribution in [0.3, 0.4) is 0 Å². The van der Waals surface area contributed by atoms with Crippen LogP contribution in [0, 0.1) is 11.6 Å². The zero-order valence-corrected chi connectivity index (χ0v) is 13.7. The van der Waals surface area contributed by atoms with Gasteiger partial charge in [0.1, 0.15) is 17.3 Å². The minimum absolute atomic E-state index is 0.0642. The molecule has 7 heteroatoms. The van der Waals surface area contributed by atoms with Crippen LogP contribution in [0.25, 0.3) is 0 Å². The number of hydrogen-bond acceptors (Lipinski definition) is 1. The highest BCUT2D eigenvalue weighted by atomic mass is 19.4. The van der Waals surface area contributed by atoms with E-state index in [1.54, 1.807) is 11.9 Å². The zero-order chi connectivity index (χ0) is 18.6. The molecule has 0 amide bonds. The average molecular weight is 356 g/mol. The van der Waals surface area contributed by atoms with Crippen LogP contribution in [0.15, 0.2) is 41.4 Å². The summed E-state index contributed by atoms with van der Waals surface area (Å²) in [6.07, 6.45) is -3.80. The van der Waals surface area contributed by atoms with Crippen molar-refractivity contribution in [3.8, 4) is 0 Å². The number of hydrogen-bond donors (Lipinski definition) is 0. The molecule has 2 aromatic rings. The molecule has 0 saturated heterocycles. The fraction of sp³-hybridized carbons (Fsp3) is 0.278. The fourth-order valence-corrected chi connectivity index (χ4v) is 2.20. The number of aliphatic imine (C=N–C) groups is 1. The Morgan fingerprint density at radius 1 is 1.04 bits per heavy atom. The van der Waals surface area contributed by atoms with Crippen molar-refractivity contribution in [2.75, 3.05) is 13.6 Å². The molecule has 0 unspecified atom stereocenters. The Bertz CT molecular complexity index is 769. The van der Waals surface area contributed by atoms with Crippen molar-refractivity contribution in [3.05, 3.63) is 64.7 Å². The molecular formula is C18H17F5N2. The number of alkyl halides is 3. The Labute approximate surface area is 142 Å². The Hall–Kier alpha value is -2.44. The number of benzene rings is 2. The van der Waals surface area contributed by atoms with Crippen LogP contribution < -0.4 is 0 Å². The van der Waals surface area contributed by atoms with E-state index >= 15 is 0 Å². The molecule has 134 valence electrons. The van der Waals surface area contributed by atoms with Crippen LogP contribution in [0.4, 0.5) is 27.6 Å². The minimum atomic E-state index is -4.70. The van der Waals surface area contributed by atoms with Gasteiger partial charge >= 0.3 is 6.18 Å². The lowest BCUT2D eigenvalue weighted by molar-refractivity contribution is -0.138. The summed E-state index contributed by atoms with van der Waals surface area (Å²) in [4.78, 5) is 5.37. The van der Waals surface area contributed by atoms with Crippen LogP contribution >= 0.6 is 0 Å². The summed E-state index contributed by atoms with van der Waals surface area (Å²) in [5.74, 6) is -1.53. The summed E-state index contributed by atoms with van der Waals surface area (Å²) in [5, 5.41) is 0. The van der Waals surface area contributed by atoms with Gasteiger partial charge in [-0.3, -0.25) is 0 Å². The number of nitrogens with zero attached hydrogens (tertiary/aromatic N) is 2. The van der Waals surface area contributed by atoms with E-state index in [0.717, 1.165) is 12.1 Å². The molecule has 0 atom stereocenters. The quantitative estimate of drug-likeness (QED) is 0.409. The zero-order valence-electron chi connectivity index (χ0n) is 13.7. The van der Waals surface area contributed by atoms with Crippen LogP contribution in [-0.4, -0.2) is 24.8 Å². The largest absolute Gasteiger partial charge is 0.416 e. The molecule has 0 fully saturated rings. The van der Waals surface area contributed by atoms with E-state index in [2.05, 4.69) is 4.99 Å². The van der Waals surface area contributed by atoms with E-state index in [-0.39, 0.29) is 17.5 Å². The van der Waals surface area contributed by atoms with E-state index < -0.39 is 29.1 Å². The van der Waals surface area contributed by atoms with E-state index in [0.29, 0.717) is 12.6 Å². The third kappa shape index (κ3) is 4.78. The molecule has 0 aliphatic rings. The molecule has 2 nitrogen and oxygen atoms in total. The lowest BCUT2D eigenvalue weighted by atomic mass is 9.98. The van der Waals surface area contributed by atoms with Gasteiger partial charge in [-0.25, -0.2) is 13.8 Å². The highest BCUT2D eigenvalue weighted by Gasteiger charge is 2.34. The van der Waals surface area contributed by atoms with Gasteiger partial charge in [-0.1, -0.05) is 18.2 Å². The maximum atomic E-state index is 14.2. The summed E-state index contributed by atoms with van der Waals surface area (Å²) in [6, 6.07) is 6.90. The Morgan fingerprint density at radius 3 is 2.32 bits per heavy atom. The predicted molar refractivity (Wildman–Crippen MR) is 87.1 cm³/mol. The second kappa shape index (κ2) is 7.63. The van der Waals surface area contributed by atoms with Crippen LogP contribution in [0.1, 0.15) is 23.6 Å². The van der Waals surface area contributed by atoms with Gasteiger partial charge in [0, 0.05) is 20.0 Å². The minimum Gasteiger partial charge on any atom is -0.366 e. The first-order valence-electron chi connectivity index (χ1n) is 7.59. The Morgan fingerprint density at radius 2 is 1.72 bits per heavy atom. The maximum Gasteiger partial charge on any atom is 0.416 e. The standard InChI is InChI=1S/C18H17F5N2/c1-3-25(2)11-24-17-10-14(18(21,22)23)13(9-16(17)20)8-12-6-4-5-7-15(12)19/h4-7,9-11H,3,8H2,1-2H3. The van der Waals surface area contributed by atoms with Gasteiger partial charge in [-0.05, 0) is 36.2 Å². The molecule has 0 aliphatic carbocycles. The van der Waals surface area contributed by atoms with Crippen molar-refractivity contribution in [3.63, 3.8) is 0 Å². The molecule has 0 N–H and O–H groups in total. The molecule has 0 spiro atoms. The molecule has 0 radical (unpaired) electrons. The average Bonchev–Trinajstić information content (AvgIpc) is 2.54. The van der Waals surface area contributed by atoms with E-state index in [9.17, 15) is 22.0 Å². The number of rotatable bonds is 5. The summed E-state index contributed by atoms with van der Waals surface area (Å²) in [7, 11) is 1.67. The van der Waals surface area contributed by atoms with E-state index in [4.69, 9.17) is 0 Å². The summed E-state index contributed by atoms with van der Waals surface area (Å²) < 4.78 is 68.0. The van der Waals surface area contributed by atoms with Gasteiger partial charge in [0.2, 0.25) is 0 Å². The van der Waals surface area contributed by atoms with Gasteiger partial charge in [-0.15, -0.1) is 0 Å². The first-order chi connectivity index (χ1) is 11.7. The van der Waals surface area contributed by atoms with Gasteiger partial charge in [-0.2, -0.15) is 13.2 Å². The van der Waals surface area contributed by atoms with E-state index in [1.165, 1.54) is 24.5 Å². The molecule has 0 aromatic heterocycles. The van der Waals surface area contributed by atoms with Crippen molar-refractivity contribution in [1.82, 2.24) is 4.90 Å². The SMILES string of the molecule is CCN(C)C=Nc1cc(C(F)(F)F)c(Cc2ccccc2F)cc1F. The van der Waals surface area contributed by atoms with Gasteiger partial charge in [0.15, 0.2) is 0 Å². The molecule has 2 rings (SSSR count). The van der Waals surface area contributed by atoms with E-state index in [1.807, 2.05) is 6.92 Å². The highest BCUT2D eigenvalue weighted by Crippen LogP contribution is 2.37. The fourth-order valence-electron chi connectivity index (χ4n) is 2.20. The second-order valence-electron chi connectivity index (χ2n) is 5.54. The van der Waals surface area contributed by atoms with Crippen molar-refractivity contribution in [2.45, 2.75) is 19.5 Å². The third-order valence-electron chi connectivity index (χ3n) is 3.71. The predicted octanol–water partition coefficient (Wildman–Crippen LogP) is 5.19. The summed E-state index contributed by atoms with van der Waals surface area (Å²) in [5.41, 5.74) is -1.71. The molecule has 0 heterocycles. The lowest BCUT2D eigenvalue weighted by Gasteiger charge is -2.15. The first kappa shape index (κ1) is 18.9. The lowest BCUT2D eigenvalue weighted by Crippen LogP contribution is -2.14. The molecule has 0 aliphatic heterocycles. The first-order valence-corrected chi connectivity index (χ1v) is 7.59. The van der Waals surface area contributed by atoms with Crippen LogP contribution in [0.5, 0.6) is 0 Å². The summed E-state index contributed by atoms with van der Waals surface area (Å²) >= 11 is 0. The van der Waals surface area contributed by atoms with Crippen molar-refractivity contribution in [1.29, 1.82) is 0 Å². The molecule has 2 aromatic carbocycles. The maximum absolute atomic E-state index is 14.2. The normalized spacial score (nSPS) is 12.0. The monoisotopic (exact) mass is 356 g/mol. The smallest absolute Gasteiger partial charge is 0.366 e. The van der Waals surface area contributed by atoms with Gasteiger partial charge < -0.3 is 4.90 Å². The second-order valence-corrected chi connectivity index (χ2v) is 5.54. The Balaban J connectivity index is 2.48. The van der Waals surface area contributed by atoms with Gasteiger partial charge in [0.25, 0.3) is 0 Å². The highest BCUT2D eigenvalue weighted by molar-refractivity contribution is 5.62. The van der Waals surface area contributed by atoms with Crippen molar-refractivity contribution >= 4 is 12.0 Å². The summed E-state index contributed by atoms with van der Waals surface area (Å²) in [6.45, 7) is 2.39. The Kier molecular flexibility index (Phi) is 5.77. The number of halogens is 5. The van der Waals surface area contributed by atoms with Crippen LogP contribution in [-0.2, 0) is 12.6 Å². The third-order valence-corrected chi connectivity index (χ3v) is 3.71. The molecule has 0 saturated carbocycles. The molecule has 0 bridgehead atoms. The van der Waals surface area contributed by atoms with Crippen LogP contribution in [0.2, 0.25) is 0 Å².